The lowest BCUT2D eigenvalue weighted by Crippen LogP contribution is -2.21. The predicted octanol–water partition coefficient (Wildman–Crippen LogP) is 5.15. The summed E-state index contributed by atoms with van der Waals surface area (Å²) in [6.45, 7) is 8.45. The van der Waals surface area contributed by atoms with Crippen LogP contribution in [0.3, 0.4) is 0 Å². The Kier molecular flexibility index (Phi) is 4.47. The van der Waals surface area contributed by atoms with Gasteiger partial charge in [-0.15, -0.1) is 0 Å². The van der Waals surface area contributed by atoms with Crippen molar-refractivity contribution in [1.29, 1.82) is 0 Å². The molecule has 0 aliphatic carbocycles. The molecule has 1 heterocycles. The van der Waals surface area contributed by atoms with E-state index in [-0.39, 0.29) is 0 Å². The summed E-state index contributed by atoms with van der Waals surface area (Å²) < 4.78 is 5.74. The van der Waals surface area contributed by atoms with Gasteiger partial charge in [0.1, 0.15) is 5.52 Å². The summed E-state index contributed by atoms with van der Waals surface area (Å²) in [7, 11) is 0. The molecule has 0 fully saturated rings. The maximum Gasteiger partial charge on any atom is 0.220 e. The van der Waals surface area contributed by atoms with Crippen LogP contribution >= 0.6 is 0 Å². The van der Waals surface area contributed by atoms with Crippen LogP contribution in [-0.4, -0.2) is 18.1 Å². The van der Waals surface area contributed by atoms with Crippen molar-refractivity contribution < 1.29 is 4.42 Å². The molecule has 0 aliphatic heterocycles. The third-order valence-corrected chi connectivity index (χ3v) is 4.00. The minimum absolute atomic E-state index is 0.637. The Balaban J connectivity index is 1.78. The number of aryl methyl sites for hydroxylation is 1. The first-order valence-electron chi connectivity index (χ1n) is 8.10. The fourth-order valence-electron chi connectivity index (χ4n) is 2.68. The van der Waals surface area contributed by atoms with E-state index < -0.39 is 0 Å². The number of benzene rings is 2. The average molecular weight is 306 g/mol. The number of rotatable bonds is 5. The predicted molar refractivity (Wildman–Crippen MR) is 97.7 cm³/mol. The van der Waals surface area contributed by atoms with Crippen molar-refractivity contribution in [3.8, 4) is 0 Å². The molecule has 118 valence electrons. The zero-order valence-corrected chi connectivity index (χ0v) is 13.9. The number of aromatic nitrogens is 1. The Bertz CT molecular complexity index is 811. The van der Waals surface area contributed by atoms with Crippen LogP contribution in [-0.2, 0) is 0 Å². The third-order valence-electron chi connectivity index (χ3n) is 4.00. The zero-order chi connectivity index (χ0) is 16.2. The highest BCUT2D eigenvalue weighted by Gasteiger charge is 2.03. The number of hydrogen-bond donors (Lipinski definition) is 0. The normalized spacial score (nSPS) is 11.4. The average Bonchev–Trinajstić information content (AvgIpc) is 2.97. The maximum absolute atomic E-state index is 5.74. The van der Waals surface area contributed by atoms with Crippen LogP contribution in [0.25, 0.3) is 23.3 Å². The minimum atomic E-state index is 0.637. The van der Waals surface area contributed by atoms with Crippen LogP contribution in [0.5, 0.6) is 0 Å². The quantitative estimate of drug-likeness (QED) is 0.652. The summed E-state index contributed by atoms with van der Waals surface area (Å²) >= 11 is 0. The molecule has 0 N–H and O–H groups in total. The van der Waals surface area contributed by atoms with Crippen LogP contribution in [0, 0.1) is 6.92 Å². The van der Waals surface area contributed by atoms with Gasteiger partial charge in [0.2, 0.25) is 5.89 Å². The molecule has 2 aromatic carbocycles. The van der Waals surface area contributed by atoms with E-state index in [1.165, 1.54) is 11.3 Å². The Morgan fingerprint density at radius 1 is 1.00 bits per heavy atom. The third kappa shape index (κ3) is 3.45. The summed E-state index contributed by atoms with van der Waals surface area (Å²) in [5.74, 6) is 0.637. The van der Waals surface area contributed by atoms with E-state index in [0.717, 1.165) is 29.8 Å². The van der Waals surface area contributed by atoms with E-state index in [0.29, 0.717) is 5.89 Å². The van der Waals surface area contributed by atoms with Crippen molar-refractivity contribution in [1.82, 2.24) is 4.98 Å². The van der Waals surface area contributed by atoms with Gasteiger partial charge in [0, 0.05) is 24.9 Å². The number of nitrogens with zero attached hydrogens (tertiary/aromatic N) is 2. The lowest BCUT2D eigenvalue weighted by atomic mass is 10.2. The molecule has 23 heavy (non-hydrogen) atoms. The number of anilines is 1. The monoisotopic (exact) mass is 306 g/mol. The fourth-order valence-corrected chi connectivity index (χ4v) is 2.68. The van der Waals surface area contributed by atoms with Crippen LogP contribution < -0.4 is 4.90 Å². The fraction of sp³-hybridized carbons (Fsp3) is 0.250. The van der Waals surface area contributed by atoms with E-state index in [9.17, 15) is 0 Å². The smallest absolute Gasteiger partial charge is 0.220 e. The van der Waals surface area contributed by atoms with E-state index in [1.807, 2.05) is 30.4 Å². The van der Waals surface area contributed by atoms with Gasteiger partial charge >= 0.3 is 0 Å². The summed E-state index contributed by atoms with van der Waals surface area (Å²) in [5.41, 5.74) is 5.31. The van der Waals surface area contributed by atoms with Gasteiger partial charge < -0.3 is 9.32 Å². The second kappa shape index (κ2) is 6.69. The molecule has 3 nitrogen and oxygen atoms in total. The van der Waals surface area contributed by atoms with Gasteiger partial charge in [-0.05, 0) is 62.2 Å². The van der Waals surface area contributed by atoms with Crippen molar-refractivity contribution in [3.63, 3.8) is 0 Å². The molecule has 3 heteroatoms. The van der Waals surface area contributed by atoms with Crippen LogP contribution in [0.2, 0.25) is 0 Å². The van der Waals surface area contributed by atoms with E-state index >= 15 is 0 Å². The number of oxazole rings is 1. The van der Waals surface area contributed by atoms with Gasteiger partial charge in [-0.3, -0.25) is 0 Å². The van der Waals surface area contributed by atoms with Crippen molar-refractivity contribution in [2.24, 2.45) is 0 Å². The molecule has 0 unspecified atom stereocenters. The molecular formula is C20H22N2O. The van der Waals surface area contributed by atoms with Gasteiger partial charge in [0.05, 0.1) is 0 Å². The lowest BCUT2D eigenvalue weighted by Gasteiger charge is -2.20. The molecule has 0 bridgehead atoms. The molecule has 0 radical (unpaired) electrons. The Morgan fingerprint density at radius 2 is 1.74 bits per heavy atom. The Labute approximate surface area is 137 Å². The second-order valence-electron chi connectivity index (χ2n) is 5.62. The first kappa shape index (κ1) is 15.3. The van der Waals surface area contributed by atoms with Crippen LogP contribution in [0.15, 0.2) is 46.9 Å². The summed E-state index contributed by atoms with van der Waals surface area (Å²) in [6, 6.07) is 14.6. The van der Waals surface area contributed by atoms with Gasteiger partial charge in [0.15, 0.2) is 5.58 Å². The SMILES string of the molecule is CCN(CC)c1ccc(/C=C/c2nc3cc(C)ccc3o2)cc1. The van der Waals surface area contributed by atoms with Gasteiger partial charge in [-0.25, -0.2) is 4.98 Å². The summed E-state index contributed by atoms with van der Waals surface area (Å²) in [4.78, 5) is 6.83. The summed E-state index contributed by atoms with van der Waals surface area (Å²) in [5, 5.41) is 0. The van der Waals surface area contributed by atoms with Crippen molar-refractivity contribution in [2.45, 2.75) is 20.8 Å². The molecular weight excluding hydrogens is 284 g/mol. The molecule has 0 saturated carbocycles. The Morgan fingerprint density at radius 3 is 2.43 bits per heavy atom. The molecule has 1 aromatic heterocycles. The molecule has 0 saturated heterocycles. The standard InChI is InChI=1S/C20H22N2O/c1-4-22(5-2)17-10-7-16(8-11-17)9-13-20-21-18-14-15(3)6-12-19(18)23-20/h6-14H,4-5H2,1-3H3/b13-9+. The van der Waals surface area contributed by atoms with E-state index in [4.69, 9.17) is 4.42 Å². The van der Waals surface area contributed by atoms with E-state index in [2.05, 4.69) is 54.9 Å². The molecule has 0 amide bonds. The first-order valence-corrected chi connectivity index (χ1v) is 8.10. The number of hydrogen-bond acceptors (Lipinski definition) is 3. The van der Waals surface area contributed by atoms with Gasteiger partial charge in [0.25, 0.3) is 0 Å². The van der Waals surface area contributed by atoms with Gasteiger partial charge in [-0.2, -0.15) is 0 Å². The van der Waals surface area contributed by atoms with Crippen molar-refractivity contribution in [3.05, 3.63) is 59.5 Å². The highest BCUT2D eigenvalue weighted by Crippen LogP contribution is 2.19. The molecule has 0 atom stereocenters. The summed E-state index contributed by atoms with van der Waals surface area (Å²) in [6.07, 6.45) is 3.95. The minimum Gasteiger partial charge on any atom is -0.437 e. The molecule has 0 aliphatic rings. The molecule has 0 spiro atoms. The lowest BCUT2D eigenvalue weighted by molar-refractivity contribution is 0.589. The van der Waals surface area contributed by atoms with E-state index in [1.54, 1.807) is 0 Å². The first-order chi connectivity index (χ1) is 11.2. The molecule has 3 aromatic rings. The largest absolute Gasteiger partial charge is 0.437 e. The topological polar surface area (TPSA) is 29.3 Å². The highest BCUT2D eigenvalue weighted by atomic mass is 16.3. The van der Waals surface area contributed by atoms with Crippen molar-refractivity contribution >= 4 is 28.9 Å². The molecule has 3 rings (SSSR count). The number of fused-ring (bicyclic) bond motifs is 1. The van der Waals surface area contributed by atoms with Crippen LogP contribution in [0.4, 0.5) is 5.69 Å². The second-order valence-corrected chi connectivity index (χ2v) is 5.62. The maximum atomic E-state index is 5.74. The van der Waals surface area contributed by atoms with Crippen molar-refractivity contribution in [2.75, 3.05) is 18.0 Å². The van der Waals surface area contributed by atoms with Gasteiger partial charge in [-0.1, -0.05) is 18.2 Å². The highest BCUT2D eigenvalue weighted by molar-refractivity contribution is 5.76. The van der Waals surface area contributed by atoms with Crippen LogP contribution in [0.1, 0.15) is 30.9 Å². The zero-order valence-electron chi connectivity index (χ0n) is 13.9. The Hall–Kier alpha value is -2.55.